The maximum absolute atomic E-state index is 11.2. The maximum atomic E-state index is 11.2. The first-order chi connectivity index (χ1) is 5.79. The minimum atomic E-state index is -0.00671. The Balaban J connectivity index is 2.43. The Hall–Kier alpha value is -1.58. The molecule has 4 nitrogen and oxygen atoms in total. The highest BCUT2D eigenvalue weighted by molar-refractivity contribution is 6.47. The fraction of sp³-hybridized carbons (Fsp3) is 0.250. The number of rotatable bonds is 1. The Labute approximate surface area is 68.9 Å². The standard InChI is InChI=1S/C8H8N2O2/c11-5-1-3-9-7(5)8-6(12)2-4-10-8/h1,3,9,11H,2,4H2. The van der Waals surface area contributed by atoms with Gasteiger partial charge in [-0.1, -0.05) is 0 Å². The van der Waals surface area contributed by atoms with Gasteiger partial charge in [-0.05, 0) is 6.07 Å². The monoisotopic (exact) mass is 164 g/mol. The van der Waals surface area contributed by atoms with Crippen LogP contribution in [0.1, 0.15) is 12.1 Å². The first kappa shape index (κ1) is 7.09. The Morgan fingerprint density at radius 1 is 1.58 bits per heavy atom. The quantitative estimate of drug-likeness (QED) is 0.634. The summed E-state index contributed by atoms with van der Waals surface area (Å²) < 4.78 is 0. The lowest BCUT2D eigenvalue weighted by molar-refractivity contribution is -0.112. The van der Waals surface area contributed by atoms with Crippen molar-refractivity contribution in [1.29, 1.82) is 0 Å². The van der Waals surface area contributed by atoms with Crippen LogP contribution in [0.5, 0.6) is 5.75 Å². The first-order valence-corrected chi connectivity index (χ1v) is 3.73. The molecule has 0 unspecified atom stereocenters. The van der Waals surface area contributed by atoms with E-state index in [1.165, 1.54) is 6.07 Å². The lowest BCUT2D eigenvalue weighted by Crippen LogP contribution is -2.10. The van der Waals surface area contributed by atoms with Crippen LogP contribution in [0.3, 0.4) is 0 Å². The molecule has 2 N–H and O–H groups in total. The highest BCUT2D eigenvalue weighted by Gasteiger charge is 2.21. The number of Topliss-reactive ketones (excluding diaryl/α,β-unsaturated/α-hetero) is 1. The zero-order chi connectivity index (χ0) is 8.55. The van der Waals surface area contributed by atoms with E-state index in [9.17, 15) is 9.90 Å². The van der Waals surface area contributed by atoms with Gasteiger partial charge >= 0.3 is 0 Å². The van der Waals surface area contributed by atoms with E-state index in [-0.39, 0.29) is 11.5 Å². The number of carbonyl (C=O) groups is 1. The second-order valence-electron chi connectivity index (χ2n) is 2.64. The molecule has 0 aromatic carbocycles. The molecule has 0 fully saturated rings. The summed E-state index contributed by atoms with van der Waals surface area (Å²) in [5, 5.41) is 9.26. The number of hydrogen-bond donors (Lipinski definition) is 2. The number of carbonyl (C=O) groups excluding carboxylic acids is 1. The highest BCUT2D eigenvalue weighted by Crippen LogP contribution is 2.18. The van der Waals surface area contributed by atoms with Crippen LogP contribution in [0.15, 0.2) is 17.3 Å². The van der Waals surface area contributed by atoms with Gasteiger partial charge in [0, 0.05) is 19.2 Å². The van der Waals surface area contributed by atoms with Gasteiger partial charge in [-0.3, -0.25) is 9.79 Å². The Kier molecular flexibility index (Phi) is 1.46. The molecule has 0 aliphatic carbocycles. The number of nitrogens with zero attached hydrogens (tertiary/aromatic N) is 1. The molecular weight excluding hydrogens is 156 g/mol. The van der Waals surface area contributed by atoms with Gasteiger partial charge in [0.1, 0.15) is 17.2 Å². The molecule has 2 rings (SSSR count). The molecule has 1 aliphatic rings. The van der Waals surface area contributed by atoms with Gasteiger partial charge in [-0.15, -0.1) is 0 Å². The molecule has 0 saturated carbocycles. The number of hydrogen-bond acceptors (Lipinski definition) is 3. The number of aromatic amines is 1. The van der Waals surface area contributed by atoms with Crippen LogP contribution in [0, 0.1) is 0 Å². The minimum Gasteiger partial charge on any atom is -0.506 e. The number of ketones is 1. The summed E-state index contributed by atoms with van der Waals surface area (Å²) in [5.41, 5.74) is 0.815. The van der Waals surface area contributed by atoms with Gasteiger partial charge in [0.25, 0.3) is 0 Å². The molecule has 2 heterocycles. The first-order valence-electron chi connectivity index (χ1n) is 3.73. The lowest BCUT2D eigenvalue weighted by atomic mass is 10.2. The van der Waals surface area contributed by atoms with E-state index < -0.39 is 0 Å². The van der Waals surface area contributed by atoms with E-state index in [1.54, 1.807) is 6.20 Å². The average Bonchev–Trinajstić information content (AvgIpc) is 2.59. The topological polar surface area (TPSA) is 65.5 Å². The number of aromatic hydroxyl groups is 1. The van der Waals surface area contributed by atoms with Gasteiger partial charge < -0.3 is 10.1 Å². The van der Waals surface area contributed by atoms with E-state index in [4.69, 9.17) is 0 Å². The summed E-state index contributed by atoms with van der Waals surface area (Å²) in [5.74, 6) is 0.0803. The van der Waals surface area contributed by atoms with Crippen molar-refractivity contribution in [2.24, 2.45) is 4.99 Å². The second kappa shape index (κ2) is 2.48. The molecule has 1 aromatic heterocycles. The molecule has 1 aromatic rings. The zero-order valence-corrected chi connectivity index (χ0v) is 6.37. The van der Waals surface area contributed by atoms with Crippen LogP contribution in [0.4, 0.5) is 0 Å². The van der Waals surface area contributed by atoms with Crippen molar-refractivity contribution in [3.63, 3.8) is 0 Å². The van der Waals surface area contributed by atoms with E-state index in [0.29, 0.717) is 24.4 Å². The third-order valence-corrected chi connectivity index (χ3v) is 1.83. The molecular formula is C8H8N2O2. The molecule has 0 saturated heterocycles. The fourth-order valence-electron chi connectivity index (χ4n) is 1.25. The summed E-state index contributed by atoms with van der Waals surface area (Å²) in [4.78, 5) is 17.9. The fourth-order valence-corrected chi connectivity index (χ4v) is 1.25. The van der Waals surface area contributed by atoms with Gasteiger partial charge in [-0.25, -0.2) is 0 Å². The number of aromatic nitrogens is 1. The van der Waals surface area contributed by atoms with Crippen molar-refractivity contribution >= 4 is 11.5 Å². The van der Waals surface area contributed by atoms with Gasteiger partial charge in [-0.2, -0.15) is 0 Å². The van der Waals surface area contributed by atoms with Crippen molar-refractivity contribution in [3.8, 4) is 5.75 Å². The van der Waals surface area contributed by atoms with Crippen molar-refractivity contribution in [3.05, 3.63) is 18.0 Å². The number of H-pyrrole nitrogens is 1. The predicted molar refractivity (Wildman–Crippen MR) is 43.5 cm³/mol. The van der Waals surface area contributed by atoms with Gasteiger partial charge in [0.2, 0.25) is 0 Å². The Morgan fingerprint density at radius 3 is 2.92 bits per heavy atom. The maximum Gasteiger partial charge on any atom is 0.184 e. The van der Waals surface area contributed by atoms with Gasteiger partial charge in [0.05, 0.1) is 0 Å². The van der Waals surface area contributed by atoms with E-state index in [2.05, 4.69) is 9.98 Å². The summed E-state index contributed by atoms with van der Waals surface area (Å²) >= 11 is 0. The van der Waals surface area contributed by atoms with Crippen LogP contribution in [-0.2, 0) is 4.79 Å². The molecule has 1 aliphatic heterocycles. The molecule has 4 heteroatoms. The minimum absolute atomic E-state index is 0.00671. The van der Waals surface area contributed by atoms with Crippen LogP contribution in [0.2, 0.25) is 0 Å². The summed E-state index contributed by atoms with van der Waals surface area (Å²) in [6, 6.07) is 1.50. The van der Waals surface area contributed by atoms with E-state index in [0.717, 1.165) is 0 Å². The summed E-state index contributed by atoms with van der Waals surface area (Å²) in [6.07, 6.45) is 2.03. The largest absolute Gasteiger partial charge is 0.506 e. The van der Waals surface area contributed by atoms with E-state index >= 15 is 0 Å². The molecule has 62 valence electrons. The molecule has 0 spiro atoms. The molecule has 12 heavy (non-hydrogen) atoms. The van der Waals surface area contributed by atoms with Crippen molar-refractivity contribution in [1.82, 2.24) is 4.98 Å². The average molecular weight is 164 g/mol. The highest BCUT2D eigenvalue weighted by atomic mass is 16.3. The lowest BCUT2D eigenvalue weighted by Gasteiger charge is -1.95. The second-order valence-corrected chi connectivity index (χ2v) is 2.64. The third-order valence-electron chi connectivity index (χ3n) is 1.83. The smallest absolute Gasteiger partial charge is 0.184 e. The Bertz CT molecular complexity index is 352. The Morgan fingerprint density at radius 2 is 2.42 bits per heavy atom. The van der Waals surface area contributed by atoms with Crippen molar-refractivity contribution < 1.29 is 9.90 Å². The van der Waals surface area contributed by atoms with Crippen molar-refractivity contribution in [2.45, 2.75) is 6.42 Å². The number of nitrogens with one attached hydrogen (secondary N) is 1. The molecule has 0 radical (unpaired) electrons. The zero-order valence-electron chi connectivity index (χ0n) is 6.37. The molecule has 0 atom stereocenters. The van der Waals surface area contributed by atoms with Crippen LogP contribution in [-0.4, -0.2) is 28.1 Å². The summed E-state index contributed by atoms with van der Waals surface area (Å²) in [7, 11) is 0. The van der Waals surface area contributed by atoms with Crippen LogP contribution in [0.25, 0.3) is 0 Å². The normalized spacial score (nSPS) is 16.7. The predicted octanol–water partition coefficient (Wildman–Crippen LogP) is 0.482. The van der Waals surface area contributed by atoms with Crippen LogP contribution < -0.4 is 0 Å². The number of aliphatic imine (C=N–C) groups is 1. The van der Waals surface area contributed by atoms with E-state index in [1.807, 2.05) is 0 Å². The van der Waals surface area contributed by atoms with Crippen molar-refractivity contribution in [2.75, 3.05) is 6.54 Å². The summed E-state index contributed by atoms with van der Waals surface area (Å²) in [6.45, 7) is 0.534. The van der Waals surface area contributed by atoms with Gasteiger partial charge in [0.15, 0.2) is 5.78 Å². The molecule has 0 bridgehead atoms. The molecule has 0 amide bonds. The third kappa shape index (κ3) is 0.922. The van der Waals surface area contributed by atoms with Crippen LogP contribution >= 0.6 is 0 Å². The SMILES string of the molecule is O=C1CCN=C1c1[nH]ccc1O.